The second-order valence-corrected chi connectivity index (χ2v) is 13.7. The third-order valence-corrected chi connectivity index (χ3v) is 8.98. The molecule has 1 fully saturated rings. The summed E-state index contributed by atoms with van der Waals surface area (Å²) in [5.41, 5.74) is 0.876. The Morgan fingerprint density at radius 1 is 1.14 bits per heavy atom. The van der Waals surface area contributed by atoms with Crippen molar-refractivity contribution in [2.24, 2.45) is 7.05 Å². The van der Waals surface area contributed by atoms with Crippen LogP contribution in [0, 0.1) is 18.3 Å². The quantitative estimate of drug-likeness (QED) is 0.206. The first kappa shape index (κ1) is 34.4. The van der Waals surface area contributed by atoms with Gasteiger partial charge in [-0.15, -0.1) is 0 Å². The smallest absolute Gasteiger partial charge is 0.454 e. The number of ether oxygens (including phenoxy) is 2. The number of pyridine rings is 1. The number of piperidine rings is 1. The molecule has 1 atom stereocenters. The molecule has 13 nitrogen and oxygen atoms in total. The molecule has 1 N–H and O–H groups in total. The van der Waals surface area contributed by atoms with Gasteiger partial charge in [-0.2, -0.15) is 5.26 Å². The number of anilines is 1. The first-order chi connectivity index (χ1) is 23.8. The Kier molecular flexibility index (Phi) is 9.24. The van der Waals surface area contributed by atoms with Crippen molar-refractivity contribution in [3.8, 4) is 6.07 Å². The van der Waals surface area contributed by atoms with Crippen LogP contribution < -0.4 is 21.6 Å². The molecule has 3 aromatic heterocycles. The van der Waals surface area contributed by atoms with E-state index >= 15 is 0 Å². The van der Waals surface area contributed by atoms with E-state index in [1.54, 1.807) is 50.6 Å². The number of nitriles is 1. The third kappa shape index (κ3) is 6.71. The first-order valence-corrected chi connectivity index (χ1v) is 16.5. The van der Waals surface area contributed by atoms with Crippen molar-refractivity contribution in [3.05, 3.63) is 96.7 Å². The molecule has 0 spiro atoms. The summed E-state index contributed by atoms with van der Waals surface area (Å²) in [6, 6.07) is 14.1. The van der Waals surface area contributed by atoms with Gasteiger partial charge >= 0.3 is 17.9 Å². The number of nitrogens with zero attached hydrogens (tertiary/aromatic N) is 4. The molecule has 2 aromatic carbocycles. The average molecular weight is 702 g/mol. The Morgan fingerprint density at radius 2 is 1.90 bits per heavy atom. The van der Waals surface area contributed by atoms with E-state index in [1.165, 1.54) is 17.6 Å². The maximum Gasteiger partial charge on any atom is 0.519 e. The van der Waals surface area contributed by atoms with Crippen molar-refractivity contribution in [2.75, 3.05) is 18.0 Å². The van der Waals surface area contributed by atoms with Crippen LogP contribution in [0.2, 0.25) is 5.02 Å². The number of hydrogen-bond donors (Lipinski definition) is 1. The van der Waals surface area contributed by atoms with Crippen molar-refractivity contribution < 1.29 is 27.9 Å². The molecule has 4 heterocycles. The minimum absolute atomic E-state index is 0.0861. The summed E-state index contributed by atoms with van der Waals surface area (Å²) in [5, 5.41) is 15.1. The maximum absolute atomic E-state index is 14.2. The number of esters is 1. The number of aromatic nitrogens is 2. The van der Waals surface area contributed by atoms with E-state index in [2.05, 4.69) is 11.4 Å². The van der Waals surface area contributed by atoms with Crippen LogP contribution in [0.4, 0.5) is 10.6 Å². The molecule has 0 unspecified atom stereocenters. The molecular formula is C36H36ClN5O8. The number of fused-ring (bicyclic) bond motifs is 3. The molecular weight excluding hydrogens is 666 g/mol. The largest absolute Gasteiger partial charge is 0.519 e. The highest BCUT2D eigenvalue weighted by Crippen LogP contribution is 2.38. The van der Waals surface area contributed by atoms with Crippen LogP contribution in [0.25, 0.3) is 21.8 Å². The predicted octanol–water partition coefficient (Wildman–Crippen LogP) is 5.77. The predicted molar refractivity (Wildman–Crippen MR) is 186 cm³/mol. The molecule has 0 bridgehead atoms. The van der Waals surface area contributed by atoms with Crippen molar-refractivity contribution in [2.45, 2.75) is 65.3 Å². The van der Waals surface area contributed by atoms with E-state index in [1.807, 2.05) is 23.1 Å². The second-order valence-electron chi connectivity index (χ2n) is 13.2. The lowest BCUT2D eigenvalue weighted by atomic mass is 10.0. The van der Waals surface area contributed by atoms with Crippen LogP contribution in [0.3, 0.4) is 0 Å². The Balaban J connectivity index is 1.50. The molecule has 1 aliphatic rings. The summed E-state index contributed by atoms with van der Waals surface area (Å²) in [6.07, 6.45) is 0.857. The summed E-state index contributed by atoms with van der Waals surface area (Å²) in [5.74, 6) is -0.822. The Labute approximate surface area is 291 Å². The number of aryl methyl sites for hydroxylation is 2. The molecule has 0 saturated carbocycles. The van der Waals surface area contributed by atoms with Gasteiger partial charge in [0.2, 0.25) is 0 Å². The Hall–Kier alpha value is -5.48. The molecule has 5 aromatic rings. The van der Waals surface area contributed by atoms with E-state index in [-0.39, 0.29) is 52.9 Å². The minimum atomic E-state index is -0.899. The molecule has 14 heteroatoms. The van der Waals surface area contributed by atoms with Gasteiger partial charge in [0.15, 0.2) is 18.1 Å². The van der Waals surface area contributed by atoms with E-state index in [0.29, 0.717) is 53.1 Å². The lowest BCUT2D eigenvalue weighted by molar-refractivity contribution is 0.0441. The lowest BCUT2D eigenvalue weighted by Crippen LogP contribution is -2.49. The molecule has 1 aliphatic heterocycles. The van der Waals surface area contributed by atoms with Gasteiger partial charge in [0, 0.05) is 42.0 Å². The standard InChI is InChI=1S/C36H36ClN5O8/c1-20-28(49-35(46)48-20)19-47-33(44)21-12-13-27-24(15-21)29-25(16-38)31(41-14-8-10-23(18-41)39-34(45)50-36(2,3)4)42(30(29)32(43)40(27)5)17-22-9-6-7-11-26(22)37/h6-7,9,11-13,15,23H,8,10,14,17-19H2,1-5H3,(H,39,45)/t23-/m1/s1. The van der Waals surface area contributed by atoms with Crippen molar-refractivity contribution in [1.29, 1.82) is 5.26 Å². The SMILES string of the molecule is Cc1oc(=O)oc1COC(=O)c1ccc2c(c1)c1c(C#N)c(N3CCC[C@@H](NC(=O)OC(C)(C)C)C3)n(Cc3ccccc3Cl)c1c(=O)n2C. The van der Waals surface area contributed by atoms with Gasteiger partial charge in [-0.1, -0.05) is 29.8 Å². The monoisotopic (exact) mass is 701 g/mol. The van der Waals surface area contributed by atoms with E-state index in [4.69, 9.17) is 29.9 Å². The molecule has 0 radical (unpaired) electrons. The second kappa shape index (κ2) is 13.4. The highest BCUT2D eigenvalue weighted by molar-refractivity contribution is 6.31. The van der Waals surface area contributed by atoms with Crippen LogP contribution in [0.5, 0.6) is 0 Å². The van der Waals surface area contributed by atoms with E-state index < -0.39 is 23.5 Å². The summed E-state index contributed by atoms with van der Waals surface area (Å²) >= 11 is 6.63. The first-order valence-electron chi connectivity index (χ1n) is 16.1. The highest BCUT2D eigenvalue weighted by atomic mass is 35.5. The number of benzene rings is 2. The summed E-state index contributed by atoms with van der Waals surface area (Å²) in [4.78, 5) is 53.6. The number of carbonyl (C=O) groups is 2. The van der Waals surface area contributed by atoms with Gasteiger partial charge in [-0.3, -0.25) is 4.79 Å². The molecule has 1 saturated heterocycles. The summed E-state index contributed by atoms with van der Waals surface area (Å²) in [7, 11) is 1.63. The fourth-order valence-corrected chi connectivity index (χ4v) is 6.58. The molecule has 1 amide bonds. The van der Waals surface area contributed by atoms with Crippen LogP contribution in [0.1, 0.15) is 66.6 Å². The normalized spacial score (nSPS) is 14.9. The van der Waals surface area contributed by atoms with Gasteiger partial charge in [0.25, 0.3) is 5.56 Å². The number of nitrogens with one attached hydrogen (secondary N) is 1. The minimum Gasteiger partial charge on any atom is -0.454 e. The lowest BCUT2D eigenvalue weighted by Gasteiger charge is -2.35. The zero-order chi connectivity index (χ0) is 35.9. The van der Waals surface area contributed by atoms with E-state index in [9.17, 15) is 24.4 Å². The van der Waals surface area contributed by atoms with E-state index in [0.717, 1.165) is 5.56 Å². The Morgan fingerprint density at radius 3 is 2.58 bits per heavy atom. The van der Waals surface area contributed by atoms with Gasteiger partial charge in [0.05, 0.1) is 17.6 Å². The summed E-state index contributed by atoms with van der Waals surface area (Å²) in [6.45, 7) is 7.66. The number of carbonyl (C=O) groups excluding carboxylic acids is 2. The highest BCUT2D eigenvalue weighted by Gasteiger charge is 2.32. The topological polar surface area (TPSA) is 162 Å². The zero-order valence-corrected chi connectivity index (χ0v) is 29.1. The van der Waals surface area contributed by atoms with Crippen LogP contribution in [-0.2, 0) is 29.7 Å². The average Bonchev–Trinajstić information content (AvgIpc) is 3.57. The van der Waals surface area contributed by atoms with Gasteiger partial charge in [-0.25, -0.2) is 14.4 Å². The number of hydrogen-bond acceptors (Lipinski definition) is 10. The van der Waals surface area contributed by atoms with Gasteiger partial charge in [0.1, 0.15) is 28.6 Å². The number of alkyl carbamates (subject to hydrolysis) is 1. The van der Waals surface area contributed by atoms with Crippen LogP contribution >= 0.6 is 11.6 Å². The zero-order valence-electron chi connectivity index (χ0n) is 28.3. The number of rotatable bonds is 7. The fraction of sp³-hybridized carbons (Fsp3) is 0.361. The Bertz CT molecular complexity index is 2300. The van der Waals surface area contributed by atoms with Crippen LogP contribution in [0.15, 0.2) is 60.9 Å². The number of amides is 1. The fourth-order valence-electron chi connectivity index (χ4n) is 6.38. The molecule has 50 heavy (non-hydrogen) atoms. The molecule has 260 valence electrons. The van der Waals surface area contributed by atoms with Crippen molar-refractivity contribution in [3.63, 3.8) is 0 Å². The third-order valence-electron chi connectivity index (χ3n) is 8.62. The number of halogens is 1. The van der Waals surface area contributed by atoms with Crippen molar-refractivity contribution in [1.82, 2.24) is 14.5 Å². The van der Waals surface area contributed by atoms with Gasteiger partial charge in [-0.05, 0) is 70.4 Å². The molecule has 6 rings (SSSR count). The van der Waals surface area contributed by atoms with Crippen molar-refractivity contribution >= 4 is 51.3 Å². The van der Waals surface area contributed by atoms with Gasteiger partial charge < -0.3 is 37.7 Å². The van der Waals surface area contributed by atoms with Crippen LogP contribution in [-0.4, -0.2) is 45.9 Å². The molecule has 0 aliphatic carbocycles. The summed E-state index contributed by atoms with van der Waals surface area (Å²) < 4.78 is 24.0. The maximum atomic E-state index is 14.2.